The Morgan fingerprint density at radius 3 is 2.52 bits per heavy atom. The molecule has 0 spiro atoms. The van der Waals surface area contributed by atoms with Crippen molar-refractivity contribution in [3.8, 4) is 5.75 Å². The van der Waals surface area contributed by atoms with Gasteiger partial charge in [0.05, 0.1) is 23.4 Å². The number of amides is 1. The van der Waals surface area contributed by atoms with Crippen molar-refractivity contribution in [3.63, 3.8) is 0 Å². The molecule has 1 amide bonds. The first-order valence-electron chi connectivity index (χ1n) is 6.98. The Bertz CT molecular complexity index is 771. The van der Waals surface area contributed by atoms with Gasteiger partial charge in [-0.15, -0.1) is 13.2 Å². The number of carbonyl (C=O) groups excluding carboxylic acids is 1. The molecule has 0 aliphatic rings. The number of ether oxygens (including phenoxy) is 1. The van der Waals surface area contributed by atoms with Crippen molar-refractivity contribution in [2.24, 2.45) is 0 Å². The minimum atomic E-state index is -4.78. The summed E-state index contributed by atoms with van der Waals surface area (Å²) in [4.78, 5) is 21.9. The summed E-state index contributed by atoms with van der Waals surface area (Å²) in [5.41, 5.74) is 0.829. The fourth-order valence-electron chi connectivity index (χ4n) is 1.98. The molecule has 0 aliphatic heterocycles. The zero-order valence-corrected chi connectivity index (χ0v) is 12.9. The van der Waals surface area contributed by atoms with Crippen LogP contribution in [0.15, 0.2) is 30.3 Å². The number of nitro groups is 1. The Kier molecular flexibility index (Phi) is 5.25. The molecular formula is C14H13F3N4O4. The van der Waals surface area contributed by atoms with Crippen molar-refractivity contribution >= 4 is 17.4 Å². The van der Waals surface area contributed by atoms with Crippen LogP contribution in [0.4, 0.5) is 24.7 Å². The van der Waals surface area contributed by atoms with E-state index in [4.69, 9.17) is 0 Å². The van der Waals surface area contributed by atoms with E-state index in [1.165, 1.54) is 22.9 Å². The average molecular weight is 358 g/mol. The fraction of sp³-hybridized carbons (Fsp3) is 0.286. The van der Waals surface area contributed by atoms with Gasteiger partial charge in [0, 0.05) is 12.1 Å². The van der Waals surface area contributed by atoms with Gasteiger partial charge in [0.2, 0.25) is 5.91 Å². The second kappa shape index (κ2) is 7.20. The molecule has 0 saturated heterocycles. The van der Waals surface area contributed by atoms with Crippen molar-refractivity contribution in [1.82, 2.24) is 9.78 Å². The van der Waals surface area contributed by atoms with E-state index in [0.717, 1.165) is 12.1 Å². The molecule has 0 bridgehead atoms. The van der Waals surface area contributed by atoms with Crippen LogP contribution in [0.1, 0.15) is 12.1 Å². The number of halogens is 3. The summed E-state index contributed by atoms with van der Waals surface area (Å²) in [7, 11) is 0. The summed E-state index contributed by atoms with van der Waals surface area (Å²) in [6.45, 7) is 1.75. The summed E-state index contributed by atoms with van der Waals surface area (Å²) < 4.78 is 41.2. The van der Waals surface area contributed by atoms with Crippen LogP contribution in [0.25, 0.3) is 0 Å². The number of anilines is 1. The van der Waals surface area contributed by atoms with Gasteiger partial charge in [-0.1, -0.05) is 0 Å². The lowest BCUT2D eigenvalue weighted by atomic mass is 10.3. The first-order chi connectivity index (χ1) is 11.6. The molecule has 1 heterocycles. The Balaban J connectivity index is 1.89. The van der Waals surface area contributed by atoms with E-state index in [1.54, 1.807) is 6.92 Å². The minimum absolute atomic E-state index is 0.0134. The van der Waals surface area contributed by atoms with Crippen LogP contribution in [-0.2, 0) is 11.3 Å². The Labute approximate surface area is 139 Å². The van der Waals surface area contributed by atoms with Crippen molar-refractivity contribution in [3.05, 3.63) is 46.1 Å². The molecule has 0 fully saturated rings. The normalized spacial score (nSPS) is 11.2. The van der Waals surface area contributed by atoms with Crippen LogP contribution in [-0.4, -0.2) is 27.0 Å². The molecule has 134 valence electrons. The predicted molar refractivity (Wildman–Crippen MR) is 80.0 cm³/mol. The number of benzene rings is 1. The van der Waals surface area contributed by atoms with Crippen LogP contribution in [0.3, 0.4) is 0 Å². The lowest BCUT2D eigenvalue weighted by Gasteiger charge is -2.10. The highest BCUT2D eigenvalue weighted by Gasteiger charge is 2.30. The van der Waals surface area contributed by atoms with E-state index in [2.05, 4.69) is 15.2 Å². The highest BCUT2D eigenvalue weighted by atomic mass is 19.4. The number of aromatic nitrogens is 2. The molecule has 25 heavy (non-hydrogen) atoms. The first kappa shape index (κ1) is 18.2. The minimum Gasteiger partial charge on any atom is -0.406 e. The molecule has 0 aliphatic carbocycles. The van der Waals surface area contributed by atoms with Crippen LogP contribution in [0.2, 0.25) is 0 Å². The summed E-state index contributed by atoms with van der Waals surface area (Å²) >= 11 is 0. The molecule has 2 aromatic rings. The van der Waals surface area contributed by atoms with E-state index in [0.29, 0.717) is 11.4 Å². The maximum Gasteiger partial charge on any atom is 0.573 e. The number of alkyl halides is 3. The third kappa shape index (κ3) is 5.48. The highest BCUT2D eigenvalue weighted by Crippen LogP contribution is 2.24. The van der Waals surface area contributed by atoms with Crippen molar-refractivity contribution in [2.45, 2.75) is 26.3 Å². The van der Waals surface area contributed by atoms with Gasteiger partial charge >= 0.3 is 12.2 Å². The third-order valence-electron chi connectivity index (χ3n) is 3.08. The molecular weight excluding hydrogens is 345 g/mol. The lowest BCUT2D eigenvalue weighted by Crippen LogP contribution is -2.17. The van der Waals surface area contributed by atoms with Gasteiger partial charge in [-0.05, 0) is 36.1 Å². The molecule has 1 aromatic heterocycles. The van der Waals surface area contributed by atoms with Crippen LogP contribution < -0.4 is 10.1 Å². The van der Waals surface area contributed by atoms with E-state index in [1.807, 2.05) is 0 Å². The molecule has 8 nitrogen and oxygen atoms in total. The summed E-state index contributed by atoms with van der Waals surface area (Å²) in [6.07, 6.45) is -4.80. The van der Waals surface area contributed by atoms with Gasteiger partial charge in [-0.25, -0.2) is 0 Å². The van der Waals surface area contributed by atoms with E-state index < -0.39 is 22.9 Å². The van der Waals surface area contributed by atoms with Crippen molar-refractivity contribution in [2.75, 3.05) is 5.32 Å². The Morgan fingerprint density at radius 1 is 1.36 bits per heavy atom. The molecule has 11 heteroatoms. The van der Waals surface area contributed by atoms with Gasteiger partial charge in [0.1, 0.15) is 5.75 Å². The molecule has 2 rings (SSSR count). The SMILES string of the molecule is Cc1cc([N+](=O)[O-])nn1CCC(=O)Nc1ccc(OC(F)(F)F)cc1. The van der Waals surface area contributed by atoms with Gasteiger partial charge in [0.15, 0.2) is 0 Å². The molecule has 0 unspecified atom stereocenters. The fourth-order valence-corrected chi connectivity index (χ4v) is 1.98. The van der Waals surface area contributed by atoms with Crippen LogP contribution in [0, 0.1) is 17.0 Å². The number of nitrogens with zero attached hydrogens (tertiary/aromatic N) is 3. The number of hydrogen-bond acceptors (Lipinski definition) is 5. The average Bonchev–Trinajstić information content (AvgIpc) is 2.87. The number of nitrogens with one attached hydrogen (secondary N) is 1. The van der Waals surface area contributed by atoms with Gasteiger partial charge in [0.25, 0.3) is 0 Å². The van der Waals surface area contributed by atoms with E-state index in [-0.39, 0.29) is 18.8 Å². The second-order valence-electron chi connectivity index (χ2n) is 4.99. The second-order valence-corrected chi connectivity index (χ2v) is 4.99. The van der Waals surface area contributed by atoms with Crippen molar-refractivity contribution in [1.29, 1.82) is 0 Å². The van der Waals surface area contributed by atoms with E-state index >= 15 is 0 Å². The monoisotopic (exact) mass is 358 g/mol. The van der Waals surface area contributed by atoms with Gasteiger partial charge in [-0.2, -0.15) is 4.68 Å². The maximum absolute atomic E-state index is 12.1. The van der Waals surface area contributed by atoms with E-state index in [9.17, 15) is 28.1 Å². The number of hydrogen-bond donors (Lipinski definition) is 1. The smallest absolute Gasteiger partial charge is 0.406 e. The zero-order valence-electron chi connectivity index (χ0n) is 12.9. The topological polar surface area (TPSA) is 99.3 Å². The standard InChI is InChI=1S/C14H13F3N4O4/c1-9-8-12(21(23)24)19-20(9)7-6-13(22)18-10-2-4-11(5-3-10)25-14(15,16)17/h2-5,8H,6-7H2,1H3,(H,18,22). The molecule has 0 saturated carbocycles. The summed E-state index contributed by atoms with van der Waals surface area (Å²) in [5.74, 6) is -1.12. The van der Waals surface area contributed by atoms with Crippen molar-refractivity contribution < 1.29 is 27.6 Å². The van der Waals surface area contributed by atoms with Crippen LogP contribution >= 0.6 is 0 Å². The zero-order chi connectivity index (χ0) is 18.6. The third-order valence-corrected chi connectivity index (χ3v) is 3.08. The predicted octanol–water partition coefficient (Wildman–Crippen LogP) is 3.03. The number of rotatable bonds is 6. The van der Waals surface area contributed by atoms with Gasteiger partial charge < -0.3 is 20.2 Å². The molecule has 0 radical (unpaired) electrons. The number of aryl methyl sites for hydroxylation is 2. The quantitative estimate of drug-likeness (QED) is 0.632. The highest BCUT2D eigenvalue weighted by molar-refractivity contribution is 5.90. The summed E-state index contributed by atoms with van der Waals surface area (Å²) in [5, 5.41) is 16.9. The van der Waals surface area contributed by atoms with Gasteiger partial charge in [-0.3, -0.25) is 4.79 Å². The Morgan fingerprint density at radius 2 is 2.00 bits per heavy atom. The maximum atomic E-state index is 12.1. The molecule has 0 atom stereocenters. The number of carbonyl (C=O) groups is 1. The Hall–Kier alpha value is -3.11. The molecule has 1 aromatic carbocycles. The first-order valence-corrected chi connectivity index (χ1v) is 6.98. The van der Waals surface area contributed by atoms with Crippen LogP contribution in [0.5, 0.6) is 5.75 Å². The summed E-state index contributed by atoms with van der Waals surface area (Å²) in [6, 6.07) is 5.97. The molecule has 1 N–H and O–H groups in total. The lowest BCUT2D eigenvalue weighted by molar-refractivity contribution is -0.389. The largest absolute Gasteiger partial charge is 0.573 e.